The summed E-state index contributed by atoms with van der Waals surface area (Å²) in [6.07, 6.45) is -4.82. The van der Waals surface area contributed by atoms with Crippen LogP contribution in [0.5, 0.6) is 0 Å². The Bertz CT molecular complexity index is 462. The van der Waals surface area contributed by atoms with E-state index in [1.807, 2.05) is 0 Å². The maximum absolute atomic E-state index is 10.8. The van der Waals surface area contributed by atoms with Crippen LogP contribution in [0.3, 0.4) is 0 Å². The lowest BCUT2D eigenvalue weighted by Gasteiger charge is -2.38. The SMILES string of the molecule is O=[N+]([O-])c1nccn1C1O[C@H](CO)[C@@H](O)[C@H](O)[C@H]1O. The van der Waals surface area contributed by atoms with Gasteiger partial charge in [-0.25, -0.2) is 0 Å². The predicted octanol–water partition coefficient (Wildman–Crippen LogP) is -2.24. The van der Waals surface area contributed by atoms with E-state index in [-0.39, 0.29) is 0 Å². The lowest BCUT2D eigenvalue weighted by Crippen LogP contribution is -2.56. The topological polar surface area (TPSA) is 151 Å². The average Bonchev–Trinajstić information content (AvgIpc) is 2.85. The number of hydrogen-bond donors (Lipinski definition) is 4. The van der Waals surface area contributed by atoms with Crippen molar-refractivity contribution >= 4 is 5.95 Å². The summed E-state index contributed by atoms with van der Waals surface area (Å²) >= 11 is 0. The lowest BCUT2D eigenvalue weighted by molar-refractivity contribution is -0.400. The summed E-state index contributed by atoms with van der Waals surface area (Å²) in [5.41, 5.74) is 0. The minimum absolute atomic E-state index is 0.579. The molecule has 1 aliphatic rings. The number of imidazole rings is 1. The van der Waals surface area contributed by atoms with Gasteiger partial charge in [-0.1, -0.05) is 4.98 Å². The number of aliphatic hydroxyl groups is 4. The molecule has 0 aromatic carbocycles. The molecule has 0 aliphatic carbocycles. The van der Waals surface area contributed by atoms with Crippen molar-refractivity contribution < 1.29 is 30.1 Å². The fraction of sp³-hybridized carbons (Fsp3) is 0.667. The first-order valence-electron chi connectivity index (χ1n) is 5.45. The minimum Gasteiger partial charge on any atom is -0.394 e. The third-order valence-electron chi connectivity index (χ3n) is 2.95. The third-order valence-corrected chi connectivity index (χ3v) is 2.95. The van der Waals surface area contributed by atoms with E-state index in [4.69, 9.17) is 9.84 Å². The van der Waals surface area contributed by atoms with Gasteiger partial charge >= 0.3 is 5.95 Å². The van der Waals surface area contributed by atoms with Crippen LogP contribution in [0.4, 0.5) is 5.95 Å². The lowest BCUT2D eigenvalue weighted by atomic mass is 9.98. The molecule has 1 fully saturated rings. The maximum atomic E-state index is 10.8. The molecule has 1 saturated heterocycles. The van der Waals surface area contributed by atoms with Crippen molar-refractivity contribution in [3.63, 3.8) is 0 Å². The van der Waals surface area contributed by atoms with Crippen molar-refractivity contribution in [2.24, 2.45) is 0 Å². The fourth-order valence-electron chi connectivity index (χ4n) is 1.96. The van der Waals surface area contributed by atoms with E-state index in [0.717, 1.165) is 10.8 Å². The van der Waals surface area contributed by atoms with Crippen LogP contribution < -0.4 is 0 Å². The van der Waals surface area contributed by atoms with Gasteiger partial charge in [-0.3, -0.25) is 0 Å². The molecule has 0 bridgehead atoms. The molecule has 10 heteroatoms. The number of aromatic nitrogens is 2. The highest BCUT2D eigenvalue weighted by atomic mass is 16.6. The molecule has 0 saturated carbocycles. The molecule has 1 aromatic rings. The largest absolute Gasteiger partial charge is 0.436 e. The third kappa shape index (κ3) is 2.31. The zero-order chi connectivity index (χ0) is 14.2. The van der Waals surface area contributed by atoms with Gasteiger partial charge in [-0.15, -0.1) is 0 Å². The molecular formula is C9H13N3O7. The van der Waals surface area contributed by atoms with E-state index in [1.165, 1.54) is 6.20 Å². The van der Waals surface area contributed by atoms with Crippen molar-refractivity contribution in [1.82, 2.24) is 9.55 Å². The summed E-state index contributed by atoms with van der Waals surface area (Å²) in [4.78, 5) is 13.5. The highest BCUT2D eigenvalue weighted by Crippen LogP contribution is 2.30. The van der Waals surface area contributed by atoms with Gasteiger partial charge in [0.05, 0.1) is 6.61 Å². The molecule has 4 N–H and O–H groups in total. The van der Waals surface area contributed by atoms with Crippen molar-refractivity contribution in [3.8, 4) is 0 Å². The number of aliphatic hydroxyl groups excluding tert-OH is 4. The van der Waals surface area contributed by atoms with Crippen LogP contribution in [-0.4, -0.2) is 65.9 Å². The van der Waals surface area contributed by atoms with E-state index in [0.29, 0.717) is 0 Å². The molecule has 10 nitrogen and oxygen atoms in total. The highest BCUT2D eigenvalue weighted by Gasteiger charge is 2.46. The molecule has 0 radical (unpaired) electrons. The van der Waals surface area contributed by atoms with E-state index < -0.39 is 48.1 Å². The summed E-state index contributed by atoms with van der Waals surface area (Å²) in [6, 6.07) is 0. The van der Waals surface area contributed by atoms with Gasteiger partial charge in [0, 0.05) is 0 Å². The van der Waals surface area contributed by atoms with Crippen molar-refractivity contribution in [1.29, 1.82) is 0 Å². The van der Waals surface area contributed by atoms with Crippen molar-refractivity contribution in [2.75, 3.05) is 6.61 Å². The van der Waals surface area contributed by atoms with Gasteiger partial charge < -0.3 is 35.3 Å². The molecule has 2 rings (SSSR count). The Labute approximate surface area is 106 Å². The maximum Gasteiger partial charge on any atom is 0.436 e. The van der Waals surface area contributed by atoms with Crippen LogP contribution in [-0.2, 0) is 4.74 Å². The number of ether oxygens (including phenoxy) is 1. The number of nitro groups is 1. The monoisotopic (exact) mass is 275 g/mol. The zero-order valence-corrected chi connectivity index (χ0v) is 9.60. The second-order valence-electron chi connectivity index (χ2n) is 4.11. The Kier molecular flexibility index (Phi) is 3.78. The van der Waals surface area contributed by atoms with Gasteiger partial charge in [-0.05, 0) is 4.92 Å². The van der Waals surface area contributed by atoms with E-state index in [9.17, 15) is 25.4 Å². The zero-order valence-electron chi connectivity index (χ0n) is 9.60. The Balaban J connectivity index is 2.32. The number of nitrogens with zero attached hydrogens (tertiary/aromatic N) is 3. The summed E-state index contributed by atoms with van der Waals surface area (Å²) in [7, 11) is 0. The fourth-order valence-corrected chi connectivity index (χ4v) is 1.96. The van der Waals surface area contributed by atoms with Gasteiger partial charge in [0.25, 0.3) is 0 Å². The molecule has 1 aromatic heterocycles. The molecule has 1 unspecified atom stereocenters. The molecule has 19 heavy (non-hydrogen) atoms. The standard InChI is InChI=1S/C9H13N3O7/c13-3-4-5(14)6(15)7(16)8(19-4)11-2-1-10-9(11)12(17)18/h1-2,4-8,13-16H,3H2/t4-,5-,6+,7-,8?/m1/s1. The molecular weight excluding hydrogens is 262 g/mol. The Hall–Kier alpha value is -1.59. The Morgan fingerprint density at radius 2 is 2.05 bits per heavy atom. The van der Waals surface area contributed by atoms with Crippen LogP contribution >= 0.6 is 0 Å². The van der Waals surface area contributed by atoms with E-state index in [1.54, 1.807) is 0 Å². The summed E-state index contributed by atoms with van der Waals surface area (Å²) < 4.78 is 6.09. The van der Waals surface area contributed by atoms with E-state index >= 15 is 0 Å². The Morgan fingerprint density at radius 3 is 2.63 bits per heavy atom. The average molecular weight is 275 g/mol. The smallest absolute Gasteiger partial charge is 0.394 e. The molecule has 5 atom stereocenters. The first-order valence-corrected chi connectivity index (χ1v) is 5.45. The normalized spacial score (nSPS) is 35.3. The van der Waals surface area contributed by atoms with Crippen LogP contribution in [0.25, 0.3) is 0 Å². The van der Waals surface area contributed by atoms with Crippen LogP contribution in [0.1, 0.15) is 6.23 Å². The van der Waals surface area contributed by atoms with Crippen LogP contribution in [0.2, 0.25) is 0 Å². The summed E-state index contributed by atoms with van der Waals surface area (Å²) in [5, 5.41) is 48.8. The number of rotatable bonds is 3. The molecule has 1 aliphatic heterocycles. The Morgan fingerprint density at radius 1 is 1.37 bits per heavy atom. The summed E-state index contributed by atoms with van der Waals surface area (Å²) in [5.74, 6) is -0.579. The van der Waals surface area contributed by atoms with E-state index in [2.05, 4.69) is 4.98 Å². The highest BCUT2D eigenvalue weighted by molar-refractivity contribution is 5.09. The van der Waals surface area contributed by atoms with Gasteiger partial charge in [-0.2, -0.15) is 4.57 Å². The van der Waals surface area contributed by atoms with Crippen molar-refractivity contribution in [2.45, 2.75) is 30.6 Å². The van der Waals surface area contributed by atoms with Crippen LogP contribution in [0, 0.1) is 10.1 Å². The first kappa shape index (κ1) is 13.8. The first-order chi connectivity index (χ1) is 8.97. The molecule has 0 spiro atoms. The van der Waals surface area contributed by atoms with Crippen molar-refractivity contribution in [3.05, 3.63) is 22.5 Å². The van der Waals surface area contributed by atoms with Gasteiger partial charge in [0.1, 0.15) is 36.8 Å². The second-order valence-corrected chi connectivity index (χ2v) is 4.11. The number of hydrogen-bond acceptors (Lipinski definition) is 8. The van der Waals surface area contributed by atoms with Gasteiger partial charge in [0.2, 0.25) is 6.23 Å². The minimum atomic E-state index is -1.60. The molecule has 106 valence electrons. The van der Waals surface area contributed by atoms with Crippen LogP contribution in [0.15, 0.2) is 12.4 Å². The predicted molar refractivity (Wildman–Crippen MR) is 57.9 cm³/mol. The molecule has 2 heterocycles. The quantitative estimate of drug-likeness (QED) is 0.357. The summed E-state index contributed by atoms with van der Waals surface area (Å²) in [6.45, 7) is -0.607. The van der Waals surface area contributed by atoms with Gasteiger partial charge in [0.15, 0.2) is 0 Å². The molecule has 0 amide bonds. The second kappa shape index (κ2) is 5.19.